The van der Waals surface area contributed by atoms with E-state index in [2.05, 4.69) is 21.2 Å². The molecule has 0 unspecified atom stereocenters. The van der Waals surface area contributed by atoms with Crippen LogP contribution in [0.5, 0.6) is 0 Å². The molecule has 1 N–H and O–H groups in total. The Bertz CT molecular complexity index is 489. The fraction of sp³-hybridized carbons (Fsp3) is 0.462. The third-order valence-electron chi connectivity index (χ3n) is 2.84. The van der Waals surface area contributed by atoms with Crippen molar-refractivity contribution in [2.45, 2.75) is 26.1 Å². The van der Waals surface area contributed by atoms with Gasteiger partial charge in [0.1, 0.15) is 0 Å². The van der Waals surface area contributed by atoms with Gasteiger partial charge in [-0.25, -0.2) is 0 Å². The lowest BCUT2D eigenvalue weighted by atomic mass is 10.2. The van der Waals surface area contributed by atoms with E-state index < -0.39 is 11.7 Å². The summed E-state index contributed by atoms with van der Waals surface area (Å²) in [5.74, 6) is -0.187. The number of likely N-dealkylation sites (N-methyl/N-ethyl adjacent to an activating group) is 1. The van der Waals surface area contributed by atoms with Crippen LogP contribution in [-0.2, 0) is 11.0 Å². The SMILES string of the molecule is CC(C)N(C)C(=O)CNc1cc(Br)cc(C(F)(F)F)c1. The highest BCUT2D eigenvalue weighted by atomic mass is 79.9. The summed E-state index contributed by atoms with van der Waals surface area (Å²) >= 11 is 3.03. The first-order valence-corrected chi connectivity index (χ1v) is 6.78. The predicted molar refractivity (Wildman–Crippen MR) is 75.5 cm³/mol. The summed E-state index contributed by atoms with van der Waals surface area (Å²) in [5.41, 5.74) is -0.517. The summed E-state index contributed by atoms with van der Waals surface area (Å²) in [4.78, 5) is 13.3. The zero-order valence-corrected chi connectivity index (χ0v) is 13.0. The Morgan fingerprint density at radius 3 is 2.45 bits per heavy atom. The highest BCUT2D eigenvalue weighted by Crippen LogP contribution is 2.33. The maximum Gasteiger partial charge on any atom is 0.416 e. The zero-order valence-electron chi connectivity index (χ0n) is 11.4. The van der Waals surface area contributed by atoms with Crippen LogP contribution < -0.4 is 5.32 Å². The molecular weight excluding hydrogens is 337 g/mol. The third-order valence-corrected chi connectivity index (χ3v) is 3.29. The molecule has 0 saturated heterocycles. The molecule has 112 valence electrons. The second-order valence-corrected chi connectivity index (χ2v) is 5.59. The number of rotatable bonds is 4. The van der Waals surface area contributed by atoms with Crippen LogP contribution in [0.25, 0.3) is 0 Å². The maximum atomic E-state index is 12.7. The number of hydrogen-bond donors (Lipinski definition) is 1. The summed E-state index contributed by atoms with van der Waals surface area (Å²) in [6.45, 7) is 3.67. The van der Waals surface area contributed by atoms with Gasteiger partial charge in [-0.15, -0.1) is 0 Å². The van der Waals surface area contributed by atoms with Gasteiger partial charge in [0.05, 0.1) is 12.1 Å². The summed E-state index contributed by atoms with van der Waals surface area (Å²) in [6.07, 6.45) is -4.42. The molecule has 20 heavy (non-hydrogen) atoms. The quantitative estimate of drug-likeness (QED) is 0.894. The van der Waals surface area contributed by atoms with Crippen molar-refractivity contribution < 1.29 is 18.0 Å². The van der Waals surface area contributed by atoms with E-state index in [1.54, 1.807) is 7.05 Å². The molecule has 0 bridgehead atoms. The van der Waals surface area contributed by atoms with E-state index in [9.17, 15) is 18.0 Å². The Balaban J connectivity index is 2.79. The van der Waals surface area contributed by atoms with Gasteiger partial charge >= 0.3 is 6.18 Å². The largest absolute Gasteiger partial charge is 0.416 e. The number of benzene rings is 1. The Labute approximate surface area is 124 Å². The Morgan fingerprint density at radius 2 is 1.95 bits per heavy atom. The van der Waals surface area contributed by atoms with Crippen molar-refractivity contribution in [3.05, 3.63) is 28.2 Å². The first-order valence-electron chi connectivity index (χ1n) is 5.98. The molecule has 0 fully saturated rings. The fourth-order valence-electron chi connectivity index (χ4n) is 1.45. The molecule has 0 aliphatic heterocycles. The van der Waals surface area contributed by atoms with E-state index in [0.717, 1.165) is 12.1 Å². The Kier molecular flexibility index (Phi) is 5.44. The van der Waals surface area contributed by atoms with E-state index >= 15 is 0 Å². The molecule has 1 aromatic carbocycles. The minimum Gasteiger partial charge on any atom is -0.376 e. The van der Waals surface area contributed by atoms with E-state index in [1.807, 2.05) is 13.8 Å². The van der Waals surface area contributed by atoms with Gasteiger partial charge in [0.15, 0.2) is 0 Å². The lowest BCUT2D eigenvalue weighted by Crippen LogP contribution is -2.37. The molecule has 7 heteroatoms. The van der Waals surface area contributed by atoms with Gasteiger partial charge in [-0.3, -0.25) is 4.79 Å². The average Bonchev–Trinajstić information content (AvgIpc) is 2.33. The zero-order chi connectivity index (χ0) is 15.5. The van der Waals surface area contributed by atoms with Gasteiger partial charge in [0.2, 0.25) is 5.91 Å². The summed E-state index contributed by atoms with van der Waals surface area (Å²) in [5, 5.41) is 2.71. The van der Waals surface area contributed by atoms with Crippen molar-refractivity contribution in [1.29, 1.82) is 0 Å². The van der Waals surface area contributed by atoms with Crippen molar-refractivity contribution in [3.63, 3.8) is 0 Å². The number of carbonyl (C=O) groups excluding carboxylic acids is 1. The van der Waals surface area contributed by atoms with Crippen molar-refractivity contribution in [2.75, 3.05) is 18.9 Å². The number of anilines is 1. The van der Waals surface area contributed by atoms with Crippen LogP contribution in [0.1, 0.15) is 19.4 Å². The Hall–Kier alpha value is -1.24. The van der Waals surface area contributed by atoms with Gasteiger partial charge in [-0.05, 0) is 32.0 Å². The van der Waals surface area contributed by atoms with Gasteiger partial charge < -0.3 is 10.2 Å². The van der Waals surface area contributed by atoms with Crippen LogP contribution in [-0.4, -0.2) is 30.4 Å². The molecule has 0 aliphatic carbocycles. The monoisotopic (exact) mass is 352 g/mol. The number of amides is 1. The normalized spacial score (nSPS) is 11.6. The summed E-state index contributed by atoms with van der Waals surface area (Å²) in [6, 6.07) is 3.51. The number of nitrogens with zero attached hydrogens (tertiary/aromatic N) is 1. The van der Waals surface area contributed by atoms with Gasteiger partial charge in [0, 0.05) is 23.2 Å². The lowest BCUT2D eigenvalue weighted by molar-refractivity contribution is -0.137. The number of carbonyl (C=O) groups is 1. The maximum absolute atomic E-state index is 12.7. The number of nitrogens with one attached hydrogen (secondary N) is 1. The van der Waals surface area contributed by atoms with Crippen molar-refractivity contribution in [2.24, 2.45) is 0 Å². The van der Waals surface area contributed by atoms with Crippen LogP contribution in [0.2, 0.25) is 0 Å². The van der Waals surface area contributed by atoms with Gasteiger partial charge in [-0.1, -0.05) is 15.9 Å². The molecular formula is C13H16BrF3N2O. The van der Waals surface area contributed by atoms with Crippen molar-refractivity contribution >= 4 is 27.5 Å². The summed E-state index contributed by atoms with van der Waals surface area (Å²) < 4.78 is 38.3. The molecule has 0 aromatic heterocycles. The topological polar surface area (TPSA) is 32.3 Å². The highest BCUT2D eigenvalue weighted by Gasteiger charge is 2.31. The molecule has 1 rings (SSSR count). The van der Waals surface area contributed by atoms with E-state index in [-0.39, 0.29) is 24.2 Å². The second kappa shape index (κ2) is 6.47. The molecule has 0 spiro atoms. The number of alkyl halides is 3. The molecule has 0 heterocycles. The smallest absolute Gasteiger partial charge is 0.376 e. The van der Waals surface area contributed by atoms with E-state index in [4.69, 9.17) is 0 Å². The fourth-order valence-corrected chi connectivity index (χ4v) is 1.94. The minimum atomic E-state index is -4.42. The molecule has 1 aromatic rings. The van der Waals surface area contributed by atoms with Crippen LogP contribution in [0.15, 0.2) is 22.7 Å². The Morgan fingerprint density at radius 1 is 1.35 bits per heavy atom. The van der Waals surface area contributed by atoms with E-state index in [1.165, 1.54) is 11.0 Å². The number of hydrogen-bond acceptors (Lipinski definition) is 2. The third kappa shape index (κ3) is 4.70. The first-order chi connectivity index (χ1) is 9.11. The molecule has 0 aliphatic rings. The summed E-state index contributed by atoms with van der Waals surface area (Å²) in [7, 11) is 1.65. The first kappa shape index (κ1) is 16.8. The van der Waals surface area contributed by atoms with Gasteiger partial charge in [-0.2, -0.15) is 13.2 Å². The van der Waals surface area contributed by atoms with Crippen molar-refractivity contribution in [3.8, 4) is 0 Å². The molecule has 0 radical (unpaired) electrons. The lowest BCUT2D eigenvalue weighted by Gasteiger charge is -2.22. The molecule has 1 amide bonds. The minimum absolute atomic E-state index is 0.0394. The molecule has 0 saturated carbocycles. The molecule has 3 nitrogen and oxygen atoms in total. The van der Waals surface area contributed by atoms with Crippen molar-refractivity contribution in [1.82, 2.24) is 4.90 Å². The standard InChI is InChI=1S/C13H16BrF3N2O/c1-8(2)19(3)12(20)7-18-11-5-9(13(15,16)17)4-10(14)6-11/h4-6,8,18H,7H2,1-3H3. The van der Waals surface area contributed by atoms with E-state index in [0.29, 0.717) is 4.47 Å². The van der Waals surface area contributed by atoms with Crippen LogP contribution in [0.3, 0.4) is 0 Å². The second-order valence-electron chi connectivity index (χ2n) is 4.68. The average molecular weight is 353 g/mol. The molecule has 0 atom stereocenters. The van der Waals surface area contributed by atoms with Crippen LogP contribution >= 0.6 is 15.9 Å². The van der Waals surface area contributed by atoms with Crippen LogP contribution in [0, 0.1) is 0 Å². The van der Waals surface area contributed by atoms with Gasteiger partial charge in [0.25, 0.3) is 0 Å². The number of halogens is 4. The highest BCUT2D eigenvalue weighted by molar-refractivity contribution is 9.10. The van der Waals surface area contributed by atoms with Crippen LogP contribution in [0.4, 0.5) is 18.9 Å². The predicted octanol–water partition coefficient (Wildman–Crippen LogP) is 3.75.